The van der Waals surface area contributed by atoms with Gasteiger partial charge in [-0.25, -0.2) is 4.98 Å². The molecule has 1 aromatic heterocycles. The summed E-state index contributed by atoms with van der Waals surface area (Å²) in [7, 11) is 0. The Bertz CT molecular complexity index is 690. The molecule has 1 aromatic rings. The van der Waals surface area contributed by atoms with E-state index in [1.807, 2.05) is 0 Å². The van der Waals surface area contributed by atoms with Crippen molar-refractivity contribution in [2.24, 2.45) is 11.8 Å². The SMILES string of the molecule is CCOC(=O)C(CC)CCNC(=O)c1nc(OCC2CC2)ccc1C(F)(F)F. The molecule has 2 rings (SSSR count). The van der Waals surface area contributed by atoms with Gasteiger partial charge in [0.15, 0.2) is 0 Å². The van der Waals surface area contributed by atoms with Crippen molar-refractivity contribution < 1.29 is 32.2 Å². The molecule has 6 nitrogen and oxygen atoms in total. The normalized spacial score (nSPS) is 15.0. The van der Waals surface area contributed by atoms with Crippen molar-refractivity contribution in [3.05, 3.63) is 23.4 Å². The molecule has 1 unspecified atom stereocenters. The molecule has 1 saturated carbocycles. The molecule has 1 aliphatic rings. The third kappa shape index (κ3) is 6.38. The number of halogens is 3. The number of amides is 1. The number of hydrogen-bond donors (Lipinski definition) is 1. The quantitative estimate of drug-likeness (QED) is 0.605. The van der Waals surface area contributed by atoms with E-state index in [1.165, 1.54) is 0 Å². The Balaban J connectivity index is 2.04. The van der Waals surface area contributed by atoms with Crippen LogP contribution in [0, 0.1) is 11.8 Å². The van der Waals surface area contributed by atoms with Crippen molar-refractivity contribution in [1.29, 1.82) is 0 Å². The average molecular weight is 402 g/mol. The summed E-state index contributed by atoms with van der Waals surface area (Å²) in [6.45, 7) is 4.13. The Kier molecular flexibility index (Phi) is 7.65. The number of ether oxygens (including phenoxy) is 2. The molecule has 0 spiro atoms. The Morgan fingerprint density at radius 1 is 1.29 bits per heavy atom. The number of alkyl halides is 3. The molecule has 0 bridgehead atoms. The van der Waals surface area contributed by atoms with Crippen LogP contribution in [-0.2, 0) is 15.7 Å². The first-order valence-electron chi connectivity index (χ1n) is 9.42. The van der Waals surface area contributed by atoms with Gasteiger partial charge in [-0.2, -0.15) is 13.2 Å². The maximum absolute atomic E-state index is 13.2. The monoisotopic (exact) mass is 402 g/mol. The standard InChI is InChI=1S/C19H25F3N2O4/c1-3-13(18(26)27-4-2)9-10-23-17(25)16-14(19(20,21)22)7-8-15(24-16)28-11-12-5-6-12/h7-8,12-13H,3-6,9-11H2,1-2H3,(H,23,25). The molecule has 1 aliphatic carbocycles. The highest BCUT2D eigenvalue weighted by atomic mass is 19.4. The number of rotatable bonds is 10. The van der Waals surface area contributed by atoms with E-state index in [2.05, 4.69) is 10.3 Å². The second kappa shape index (κ2) is 9.75. The predicted molar refractivity (Wildman–Crippen MR) is 94.8 cm³/mol. The third-order valence-electron chi connectivity index (χ3n) is 4.45. The minimum Gasteiger partial charge on any atom is -0.477 e. The molecule has 1 amide bonds. The van der Waals surface area contributed by atoms with Crippen LogP contribution in [0.4, 0.5) is 13.2 Å². The zero-order valence-corrected chi connectivity index (χ0v) is 16.0. The number of nitrogens with one attached hydrogen (secondary N) is 1. The molecule has 1 heterocycles. The lowest BCUT2D eigenvalue weighted by Gasteiger charge is -2.16. The van der Waals surface area contributed by atoms with Crippen molar-refractivity contribution in [1.82, 2.24) is 10.3 Å². The Hall–Kier alpha value is -2.32. The maximum Gasteiger partial charge on any atom is 0.418 e. The number of pyridine rings is 1. The van der Waals surface area contributed by atoms with Crippen LogP contribution in [0.15, 0.2) is 12.1 Å². The summed E-state index contributed by atoms with van der Waals surface area (Å²) in [6, 6.07) is 1.92. The molecule has 0 saturated heterocycles. The fraction of sp³-hybridized carbons (Fsp3) is 0.632. The van der Waals surface area contributed by atoms with Gasteiger partial charge in [-0.15, -0.1) is 0 Å². The van der Waals surface area contributed by atoms with Crippen LogP contribution in [0.2, 0.25) is 0 Å². The fourth-order valence-electron chi connectivity index (χ4n) is 2.60. The molecule has 1 atom stereocenters. The van der Waals surface area contributed by atoms with Gasteiger partial charge in [-0.3, -0.25) is 9.59 Å². The van der Waals surface area contributed by atoms with E-state index < -0.39 is 29.3 Å². The van der Waals surface area contributed by atoms with Gasteiger partial charge < -0.3 is 14.8 Å². The smallest absolute Gasteiger partial charge is 0.418 e. The minimum absolute atomic E-state index is 0.0111. The summed E-state index contributed by atoms with van der Waals surface area (Å²) in [4.78, 5) is 27.9. The highest BCUT2D eigenvalue weighted by Gasteiger charge is 2.36. The van der Waals surface area contributed by atoms with Crippen LogP contribution >= 0.6 is 0 Å². The first-order chi connectivity index (χ1) is 13.3. The van der Waals surface area contributed by atoms with E-state index in [0.717, 1.165) is 25.0 Å². The molecule has 28 heavy (non-hydrogen) atoms. The second-order valence-corrected chi connectivity index (χ2v) is 6.70. The highest BCUT2D eigenvalue weighted by Crippen LogP contribution is 2.33. The van der Waals surface area contributed by atoms with Crippen LogP contribution in [0.1, 0.15) is 55.6 Å². The Morgan fingerprint density at radius 3 is 2.57 bits per heavy atom. The topological polar surface area (TPSA) is 77.5 Å². The van der Waals surface area contributed by atoms with E-state index >= 15 is 0 Å². The van der Waals surface area contributed by atoms with E-state index in [-0.39, 0.29) is 31.4 Å². The van der Waals surface area contributed by atoms with Crippen LogP contribution < -0.4 is 10.1 Å². The van der Waals surface area contributed by atoms with Crippen molar-refractivity contribution in [3.63, 3.8) is 0 Å². The summed E-state index contributed by atoms with van der Waals surface area (Å²) >= 11 is 0. The number of aromatic nitrogens is 1. The van der Waals surface area contributed by atoms with E-state index in [1.54, 1.807) is 13.8 Å². The van der Waals surface area contributed by atoms with E-state index in [0.29, 0.717) is 18.9 Å². The van der Waals surface area contributed by atoms with Crippen LogP contribution in [0.5, 0.6) is 5.88 Å². The van der Waals surface area contributed by atoms with E-state index in [4.69, 9.17) is 9.47 Å². The lowest BCUT2D eigenvalue weighted by Crippen LogP contribution is -2.31. The molecule has 9 heteroatoms. The summed E-state index contributed by atoms with van der Waals surface area (Å²) in [5, 5.41) is 2.41. The van der Waals surface area contributed by atoms with Gasteiger partial charge in [0, 0.05) is 12.6 Å². The van der Waals surface area contributed by atoms with Gasteiger partial charge in [0.2, 0.25) is 5.88 Å². The van der Waals surface area contributed by atoms with Crippen molar-refractivity contribution >= 4 is 11.9 Å². The molecular weight excluding hydrogens is 377 g/mol. The number of carbonyl (C=O) groups excluding carboxylic acids is 2. The van der Waals surface area contributed by atoms with Crippen molar-refractivity contribution in [2.75, 3.05) is 19.8 Å². The van der Waals surface area contributed by atoms with Crippen molar-refractivity contribution in [3.8, 4) is 5.88 Å². The largest absolute Gasteiger partial charge is 0.477 e. The molecular formula is C19H25F3N2O4. The van der Waals surface area contributed by atoms with Gasteiger partial charge in [0.1, 0.15) is 5.69 Å². The molecule has 0 radical (unpaired) electrons. The van der Waals surface area contributed by atoms with Gasteiger partial charge >= 0.3 is 12.1 Å². The van der Waals surface area contributed by atoms with E-state index in [9.17, 15) is 22.8 Å². The first-order valence-corrected chi connectivity index (χ1v) is 9.42. The number of carbonyl (C=O) groups is 2. The number of esters is 1. The summed E-state index contributed by atoms with van der Waals surface area (Å²) in [5.74, 6) is -1.38. The number of hydrogen-bond acceptors (Lipinski definition) is 5. The second-order valence-electron chi connectivity index (χ2n) is 6.70. The third-order valence-corrected chi connectivity index (χ3v) is 4.45. The van der Waals surface area contributed by atoms with Crippen LogP contribution in [0.3, 0.4) is 0 Å². The molecule has 0 aliphatic heterocycles. The highest BCUT2D eigenvalue weighted by molar-refractivity contribution is 5.94. The fourth-order valence-corrected chi connectivity index (χ4v) is 2.60. The van der Waals surface area contributed by atoms with Gasteiger partial charge in [0.25, 0.3) is 5.91 Å². The lowest BCUT2D eigenvalue weighted by molar-refractivity contribution is -0.148. The molecule has 1 fully saturated rings. The minimum atomic E-state index is -4.72. The average Bonchev–Trinajstić information content (AvgIpc) is 3.47. The molecule has 0 aromatic carbocycles. The van der Waals surface area contributed by atoms with Gasteiger partial charge in [-0.1, -0.05) is 6.92 Å². The first kappa shape index (κ1) is 22.0. The molecule has 156 valence electrons. The van der Waals surface area contributed by atoms with Crippen LogP contribution in [0.25, 0.3) is 0 Å². The molecule has 1 N–H and O–H groups in total. The maximum atomic E-state index is 13.2. The number of nitrogens with zero attached hydrogens (tertiary/aromatic N) is 1. The Labute approximate surface area is 161 Å². The van der Waals surface area contributed by atoms with Crippen LogP contribution in [-0.4, -0.2) is 36.6 Å². The summed E-state index contributed by atoms with van der Waals surface area (Å²) in [6.07, 6.45) is -1.91. The summed E-state index contributed by atoms with van der Waals surface area (Å²) in [5.41, 5.74) is -1.86. The zero-order chi connectivity index (χ0) is 20.7. The van der Waals surface area contributed by atoms with Crippen molar-refractivity contribution in [2.45, 2.75) is 45.7 Å². The van der Waals surface area contributed by atoms with Gasteiger partial charge in [-0.05, 0) is 44.6 Å². The lowest BCUT2D eigenvalue weighted by atomic mass is 10.0. The zero-order valence-electron chi connectivity index (χ0n) is 16.0. The van der Waals surface area contributed by atoms with Gasteiger partial charge in [0.05, 0.1) is 24.7 Å². The Morgan fingerprint density at radius 2 is 2.00 bits per heavy atom. The predicted octanol–water partition coefficient (Wildman–Crippen LogP) is 3.60. The summed E-state index contributed by atoms with van der Waals surface area (Å²) < 4.78 is 50.0.